The fourth-order valence-electron chi connectivity index (χ4n) is 3.14. The normalized spacial score (nSPS) is 16.7. The number of benzene rings is 1. The van der Waals surface area contributed by atoms with Gasteiger partial charge in [-0.25, -0.2) is 0 Å². The molecule has 0 aliphatic carbocycles. The zero-order valence-electron chi connectivity index (χ0n) is 15.9. The molecule has 1 N–H and O–H groups in total. The van der Waals surface area contributed by atoms with Gasteiger partial charge in [0.2, 0.25) is 0 Å². The first-order valence-electron chi connectivity index (χ1n) is 9.14. The highest BCUT2D eigenvalue weighted by Gasteiger charge is 2.24. The van der Waals surface area contributed by atoms with Gasteiger partial charge in [0, 0.05) is 32.7 Å². The van der Waals surface area contributed by atoms with Crippen molar-refractivity contribution in [1.29, 1.82) is 0 Å². The van der Waals surface area contributed by atoms with Crippen LogP contribution in [0.4, 0.5) is 0 Å². The van der Waals surface area contributed by atoms with Crippen molar-refractivity contribution in [3.05, 3.63) is 46.7 Å². The molecular weight excluding hydrogens is 362 g/mol. The molecule has 6 nitrogen and oxygen atoms in total. The highest BCUT2D eigenvalue weighted by molar-refractivity contribution is 7.07. The second-order valence-electron chi connectivity index (χ2n) is 6.68. The number of hydrogen-bond acceptors (Lipinski definition) is 6. The van der Waals surface area contributed by atoms with E-state index in [1.807, 2.05) is 12.1 Å². The summed E-state index contributed by atoms with van der Waals surface area (Å²) >= 11 is 1.69. The van der Waals surface area contributed by atoms with E-state index >= 15 is 0 Å². The van der Waals surface area contributed by atoms with Crippen molar-refractivity contribution >= 4 is 17.2 Å². The van der Waals surface area contributed by atoms with E-state index in [1.165, 1.54) is 5.56 Å². The molecule has 3 rings (SSSR count). The number of methoxy groups -OCH3 is 1. The number of rotatable bonds is 8. The van der Waals surface area contributed by atoms with E-state index in [4.69, 9.17) is 9.47 Å². The summed E-state index contributed by atoms with van der Waals surface area (Å²) < 4.78 is 10.7. The van der Waals surface area contributed by atoms with Gasteiger partial charge < -0.3 is 19.7 Å². The number of carbonyl (C=O) groups is 1. The third-order valence-corrected chi connectivity index (χ3v) is 5.53. The standard InChI is InChI=1S/C20H27N3O3S/c1-22-8-10-23(11-9-22)19(16-7-12-27-15-16)13-21-20(24)14-26-18-5-3-17(25-2)4-6-18/h3-7,12,15,19H,8-11,13-14H2,1-2H3,(H,21,24)/t19-/m0/s1. The Morgan fingerprint density at radius 3 is 2.48 bits per heavy atom. The molecule has 7 heteroatoms. The first kappa shape index (κ1) is 19.7. The monoisotopic (exact) mass is 389 g/mol. The third kappa shape index (κ3) is 5.69. The van der Waals surface area contributed by atoms with Crippen LogP contribution in [0.15, 0.2) is 41.1 Å². The molecule has 1 fully saturated rings. The first-order valence-corrected chi connectivity index (χ1v) is 10.1. The van der Waals surface area contributed by atoms with Crippen LogP contribution >= 0.6 is 11.3 Å². The number of amides is 1. The van der Waals surface area contributed by atoms with Crippen LogP contribution in [0.2, 0.25) is 0 Å². The first-order chi connectivity index (χ1) is 13.2. The van der Waals surface area contributed by atoms with Crippen molar-refractivity contribution in [3.8, 4) is 11.5 Å². The fraction of sp³-hybridized carbons (Fsp3) is 0.450. The highest BCUT2D eigenvalue weighted by atomic mass is 32.1. The second-order valence-corrected chi connectivity index (χ2v) is 7.46. The van der Waals surface area contributed by atoms with Gasteiger partial charge in [-0.1, -0.05) is 0 Å². The number of piperazine rings is 1. The predicted octanol–water partition coefficient (Wildman–Crippen LogP) is 2.24. The van der Waals surface area contributed by atoms with Gasteiger partial charge >= 0.3 is 0 Å². The Kier molecular flexibility index (Phi) is 7.09. The Labute approximate surface area is 164 Å². The molecule has 1 aromatic carbocycles. The van der Waals surface area contributed by atoms with Crippen LogP contribution in [0.3, 0.4) is 0 Å². The summed E-state index contributed by atoms with van der Waals surface area (Å²) in [5, 5.41) is 7.29. The number of nitrogens with zero attached hydrogens (tertiary/aromatic N) is 2. The van der Waals surface area contributed by atoms with Gasteiger partial charge in [-0.2, -0.15) is 11.3 Å². The largest absolute Gasteiger partial charge is 0.497 e. The summed E-state index contributed by atoms with van der Waals surface area (Å²) in [4.78, 5) is 17.1. The molecule has 1 aliphatic rings. The molecule has 1 amide bonds. The lowest BCUT2D eigenvalue weighted by atomic mass is 10.1. The molecule has 0 unspecified atom stereocenters. The predicted molar refractivity (Wildman–Crippen MR) is 108 cm³/mol. The lowest BCUT2D eigenvalue weighted by molar-refractivity contribution is -0.123. The molecule has 0 saturated carbocycles. The van der Waals surface area contributed by atoms with Gasteiger partial charge in [-0.3, -0.25) is 9.69 Å². The molecule has 1 aliphatic heterocycles. The van der Waals surface area contributed by atoms with Crippen LogP contribution in [0.5, 0.6) is 11.5 Å². The molecular formula is C20H27N3O3S. The molecule has 0 radical (unpaired) electrons. The van der Waals surface area contributed by atoms with Gasteiger partial charge in [0.25, 0.3) is 5.91 Å². The Morgan fingerprint density at radius 1 is 1.15 bits per heavy atom. The Morgan fingerprint density at radius 2 is 1.85 bits per heavy atom. The van der Waals surface area contributed by atoms with E-state index < -0.39 is 0 Å². The summed E-state index contributed by atoms with van der Waals surface area (Å²) in [5.74, 6) is 1.30. The van der Waals surface area contributed by atoms with Crippen LogP contribution in [-0.4, -0.2) is 69.2 Å². The summed E-state index contributed by atoms with van der Waals surface area (Å²) in [7, 11) is 3.77. The van der Waals surface area contributed by atoms with Gasteiger partial charge in [-0.05, 0) is 53.7 Å². The smallest absolute Gasteiger partial charge is 0.258 e. The van der Waals surface area contributed by atoms with E-state index in [-0.39, 0.29) is 18.6 Å². The minimum atomic E-state index is -0.111. The summed E-state index contributed by atoms with van der Waals surface area (Å²) in [5.41, 5.74) is 1.26. The maximum absolute atomic E-state index is 12.3. The zero-order valence-corrected chi connectivity index (χ0v) is 16.7. The van der Waals surface area contributed by atoms with Gasteiger partial charge in [0.1, 0.15) is 11.5 Å². The SMILES string of the molecule is COc1ccc(OCC(=O)NC[C@@H](c2ccsc2)N2CCN(C)CC2)cc1. The number of hydrogen-bond donors (Lipinski definition) is 1. The van der Waals surface area contributed by atoms with Crippen molar-refractivity contribution in [2.75, 3.05) is 53.5 Å². The summed E-state index contributed by atoms with van der Waals surface area (Å²) in [6.45, 7) is 4.71. The van der Waals surface area contributed by atoms with Crippen molar-refractivity contribution < 1.29 is 14.3 Å². The Bertz CT molecular complexity index is 698. The fourth-order valence-corrected chi connectivity index (χ4v) is 3.85. The zero-order chi connectivity index (χ0) is 19.1. The lowest BCUT2D eigenvalue weighted by Crippen LogP contribution is -2.48. The van der Waals surface area contributed by atoms with Crippen LogP contribution in [0.25, 0.3) is 0 Å². The van der Waals surface area contributed by atoms with Crippen LogP contribution < -0.4 is 14.8 Å². The Hall–Kier alpha value is -2.09. The van der Waals surface area contributed by atoms with E-state index in [2.05, 4.69) is 39.0 Å². The van der Waals surface area contributed by atoms with Gasteiger partial charge in [-0.15, -0.1) is 0 Å². The summed E-state index contributed by atoms with van der Waals surface area (Å²) in [6.07, 6.45) is 0. The average Bonchev–Trinajstić information content (AvgIpc) is 3.23. The summed E-state index contributed by atoms with van der Waals surface area (Å²) in [6, 6.07) is 9.57. The molecule has 1 atom stereocenters. The van der Waals surface area contributed by atoms with Crippen LogP contribution in [-0.2, 0) is 4.79 Å². The van der Waals surface area contributed by atoms with Crippen molar-refractivity contribution in [2.45, 2.75) is 6.04 Å². The molecule has 146 valence electrons. The molecule has 1 saturated heterocycles. The molecule has 27 heavy (non-hydrogen) atoms. The van der Waals surface area contributed by atoms with Crippen LogP contribution in [0, 0.1) is 0 Å². The van der Waals surface area contributed by atoms with Crippen molar-refractivity contribution in [1.82, 2.24) is 15.1 Å². The number of ether oxygens (including phenoxy) is 2. The lowest BCUT2D eigenvalue weighted by Gasteiger charge is -2.38. The highest BCUT2D eigenvalue weighted by Crippen LogP contribution is 2.23. The number of carbonyl (C=O) groups excluding carboxylic acids is 1. The number of likely N-dealkylation sites (N-methyl/N-ethyl adjacent to an activating group) is 1. The maximum atomic E-state index is 12.3. The van der Waals surface area contributed by atoms with Gasteiger partial charge in [0.15, 0.2) is 6.61 Å². The van der Waals surface area contributed by atoms with Crippen molar-refractivity contribution in [3.63, 3.8) is 0 Å². The molecule has 0 bridgehead atoms. The number of thiophene rings is 1. The van der Waals surface area contributed by atoms with E-state index in [0.717, 1.165) is 31.9 Å². The Balaban J connectivity index is 1.51. The van der Waals surface area contributed by atoms with E-state index in [1.54, 1.807) is 30.6 Å². The second kappa shape index (κ2) is 9.73. The van der Waals surface area contributed by atoms with E-state index in [0.29, 0.717) is 12.3 Å². The maximum Gasteiger partial charge on any atom is 0.258 e. The van der Waals surface area contributed by atoms with Crippen LogP contribution in [0.1, 0.15) is 11.6 Å². The molecule has 1 aromatic heterocycles. The minimum absolute atomic E-state index is 0.00538. The average molecular weight is 390 g/mol. The molecule has 0 spiro atoms. The van der Waals surface area contributed by atoms with Crippen molar-refractivity contribution in [2.24, 2.45) is 0 Å². The van der Waals surface area contributed by atoms with Gasteiger partial charge in [0.05, 0.1) is 13.2 Å². The number of nitrogens with one attached hydrogen (secondary N) is 1. The topological polar surface area (TPSA) is 54.0 Å². The molecule has 2 aromatic rings. The van der Waals surface area contributed by atoms with E-state index in [9.17, 15) is 4.79 Å². The quantitative estimate of drug-likeness (QED) is 0.750. The minimum Gasteiger partial charge on any atom is -0.497 e. The third-order valence-electron chi connectivity index (χ3n) is 4.83. The molecule has 2 heterocycles.